The molecule has 1 fully saturated rings. The second-order valence-corrected chi connectivity index (χ2v) is 5.13. The number of hydrogen-bond acceptors (Lipinski definition) is 2. The van der Waals surface area contributed by atoms with Gasteiger partial charge in [-0.3, -0.25) is 4.57 Å². The molecule has 3 atom stereocenters. The van der Waals surface area contributed by atoms with Crippen molar-refractivity contribution in [2.24, 2.45) is 5.92 Å². The molecular weight excluding hydrogens is 183 g/mol. The lowest BCUT2D eigenvalue weighted by Gasteiger charge is -2.37. The van der Waals surface area contributed by atoms with Gasteiger partial charge in [0.25, 0.3) is 0 Å². The summed E-state index contributed by atoms with van der Waals surface area (Å²) in [5, 5.41) is 9.90. The van der Waals surface area contributed by atoms with E-state index in [-0.39, 0.29) is 14.1 Å². The van der Waals surface area contributed by atoms with Crippen molar-refractivity contribution < 1.29 is 9.67 Å². The molecule has 1 aliphatic carbocycles. The van der Waals surface area contributed by atoms with Crippen LogP contribution < -0.4 is 0 Å². The van der Waals surface area contributed by atoms with Crippen molar-refractivity contribution >= 4 is 8.46 Å². The molecule has 0 aromatic heterocycles. The highest BCUT2D eigenvalue weighted by atomic mass is 31.1. The van der Waals surface area contributed by atoms with Crippen molar-refractivity contribution in [1.82, 2.24) is 0 Å². The van der Waals surface area contributed by atoms with Crippen LogP contribution in [-0.4, -0.2) is 16.4 Å². The van der Waals surface area contributed by atoms with Crippen LogP contribution >= 0.6 is 8.46 Å². The second-order valence-electron chi connectivity index (χ2n) is 4.30. The summed E-state index contributed by atoms with van der Waals surface area (Å²) in [4.78, 5) is 0. The topological polar surface area (TPSA) is 37.3 Å². The zero-order valence-corrected chi connectivity index (χ0v) is 9.18. The lowest BCUT2D eigenvalue weighted by atomic mass is 9.77. The van der Waals surface area contributed by atoms with E-state index in [1.807, 2.05) is 6.92 Å². The van der Waals surface area contributed by atoms with Crippen LogP contribution in [0, 0.1) is 5.92 Å². The van der Waals surface area contributed by atoms with Crippen LogP contribution in [0.2, 0.25) is 0 Å². The van der Waals surface area contributed by atoms with Crippen molar-refractivity contribution in [2.75, 3.05) is 0 Å². The van der Waals surface area contributed by atoms with Crippen LogP contribution in [0.1, 0.15) is 33.1 Å². The molecule has 1 saturated carbocycles. The minimum absolute atomic E-state index is 0.0643. The zero-order valence-electron chi connectivity index (χ0n) is 8.29. The van der Waals surface area contributed by atoms with E-state index in [9.17, 15) is 9.67 Å². The van der Waals surface area contributed by atoms with Crippen molar-refractivity contribution in [1.29, 1.82) is 0 Å². The third-order valence-corrected chi connectivity index (χ3v) is 4.07. The maximum absolute atomic E-state index is 10.9. The van der Waals surface area contributed by atoms with Crippen LogP contribution in [0.25, 0.3) is 0 Å². The minimum Gasteiger partial charge on any atom is -0.389 e. The van der Waals surface area contributed by atoms with E-state index in [4.69, 9.17) is 0 Å². The SMILES string of the molecule is C=C(C)[C@H]1CC[C@@](C)(O)[C@H](P=O)C1. The molecule has 1 rings (SSSR count). The molecule has 1 aliphatic rings. The first-order chi connectivity index (χ1) is 5.97. The van der Waals surface area contributed by atoms with E-state index < -0.39 is 5.60 Å². The van der Waals surface area contributed by atoms with Crippen LogP contribution in [-0.2, 0) is 4.57 Å². The molecule has 0 spiro atoms. The van der Waals surface area contributed by atoms with Gasteiger partial charge < -0.3 is 5.11 Å². The fourth-order valence-corrected chi connectivity index (χ4v) is 2.58. The van der Waals surface area contributed by atoms with E-state index in [1.165, 1.54) is 0 Å². The Morgan fingerprint density at radius 1 is 1.69 bits per heavy atom. The predicted molar refractivity (Wildman–Crippen MR) is 54.2 cm³/mol. The fraction of sp³-hybridized carbons (Fsp3) is 0.800. The molecular formula is C10H17O2P. The molecule has 0 saturated heterocycles. The van der Waals surface area contributed by atoms with Gasteiger partial charge in [0.05, 0.1) is 11.3 Å². The molecule has 74 valence electrons. The average molecular weight is 200 g/mol. The minimum atomic E-state index is -0.755. The molecule has 0 radical (unpaired) electrons. The first kappa shape index (κ1) is 10.9. The van der Waals surface area contributed by atoms with Crippen LogP contribution in [0.5, 0.6) is 0 Å². The Labute approximate surface area is 81.2 Å². The summed E-state index contributed by atoms with van der Waals surface area (Å²) in [6.07, 6.45) is 2.49. The Morgan fingerprint density at radius 2 is 2.31 bits per heavy atom. The van der Waals surface area contributed by atoms with E-state index in [2.05, 4.69) is 6.58 Å². The largest absolute Gasteiger partial charge is 0.389 e. The van der Waals surface area contributed by atoms with Gasteiger partial charge in [0.15, 0.2) is 8.46 Å². The number of allylic oxidation sites excluding steroid dienone is 1. The summed E-state index contributed by atoms with van der Waals surface area (Å²) in [6, 6.07) is 0. The monoisotopic (exact) mass is 200 g/mol. The molecule has 13 heavy (non-hydrogen) atoms. The maximum Gasteiger partial charge on any atom is 0.161 e. The van der Waals surface area contributed by atoms with Crippen molar-refractivity contribution in [3.8, 4) is 0 Å². The van der Waals surface area contributed by atoms with Crippen LogP contribution in [0.15, 0.2) is 12.2 Å². The standard InChI is InChI=1S/C10H17O2P/c1-7(2)8-4-5-10(3,11)9(6-8)13-12/h8-9,11H,1,4-6H2,2-3H3/t8-,9+,10+/m0/s1. The smallest absolute Gasteiger partial charge is 0.161 e. The highest BCUT2D eigenvalue weighted by molar-refractivity contribution is 7.24. The Hall–Kier alpha value is -0.200. The van der Waals surface area contributed by atoms with E-state index >= 15 is 0 Å². The number of hydrogen-bond donors (Lipinski definition) is 1. The average Bonchev–Trinajstić information content (AvgIpc) is 2.03. The quantitative estimate of drug-likeness (QED) is 0.549. The molecule has 2 nitrogen and oxygen atoms in total. The second kappa shape index (κ2) is 3.89. The number of aliphatic hydroxyl groups is 1. The lowest BCUT2D eigenvalue weighted by Crippen LogP contribution is -2.41. The first-order valence-electron chi connectivity index (χ1n) is 4.67. The van der Waals surface area contributed by atoms with Crippen molar-refractivity contribution in [2.45, 2.75) is 44.4 Å². The van der Waals surface area contributed by atoms with Gasteiger partial charge in [-0.25, -0.2) is 0 Å². The Balaban J connectivity index is 2.68. The van der Waals surface area contributed by atoms with Gasteiger partial charge >= 0.3 is 0 Å². The van der Waals surface area contributed by atoms with Gasteiger partial charge in [-0.2, -0.15) is 0 Å². The summed E-state index contributed by atoms with van der Waals surface area (Å²) in [7, 11) is 0.0643. The summed E-state index contributed by atoms with van der Waals surface area (Å²) >= 11 is 0. The van der Waals surface area contributed by atoms with Crippen molar-refractivity contribution in [3.63, 3.8) is 0 Å². The summed E-state index contributed by atoms with van der Waals surface area (Å²) in [6.45, 7) is 7.69. The molecule has 0 amide bonds. The third kappa shape index (κ3) is 2.38. The summed E-state index contributed by atoms with van der Waals surface area (Å²) < 4.78 is 10.9. The van der Waals surface area contributed by atoms with E-state index in [0.29, 0.717) is 5.92 Å². The van der Waals surface area contributed by atoms with Crippen molar-refractivity contribution in [3.05, 3.63) is 12.2 Å². The van der Waals surface area contributed by atoms with E-state index in [0.717, 1.165) is 24.8 Å². The highest BCUT2D eigenvalue weighted by Gasteiger charge is 2.38. The molecule has 0 aliphatic heterocycles. The predicted octanol–water partition coefficient (Wildman–Crippen LogP) is 2.77. The number of rotatable bonds is 2. The highest BCUT2D eigenvalue weighted by Crippen LogP contribution is 2.40. The van der Waals surface area contributed by atoms with Crippen LogP contribution in [0.3, 0.4) is 0 Å². The van der Waals surface area contributed by atoms with Gasteiger partial charge in [0.2, 0.25) is 0 Å². The first-order valence-corrected chi connectivity index (χ1v) is 5.56. The summed E-state index contributed by atoms with van der Waals surface area (Å²) in [5.74, 6) is 0.437. The lowest BCUT2D eigenvalue weighted by molar-refractivity contribution is 0.0178. The Bertz CT molecular complexity index is 223. The molecule has 0 heterocycles. The zero-order chi connectivity index (χ0) is 10.1. The molecule has 1 N–H and O–H groups in total. The van der Waals surface area contributed by atoms with Gasteiger partial charge in [-0.05, 0) is 39.0 Å². The van der Waals surface area contributed by atoms with Crippen LogP contribution in [0.4, 0.5) is 0 Å². The molecule has 0 unspecified atom stereocenters. The van der Waals surface area contributed by atoms with E-state index in [1.54, 1.807) is 6.92 Å². The molecule has 0 bridgehead atoms. The molecule has 0 aromatic rings. The Kier molecular flexibility index (Phi) is 3.26. The summed E-state index contributed by atoms with van der Waals surface area (Å²) in [5.41, 5.74) is 0.266. The van der Waals surface area contributed by atoms with Gasteiger partial charge in [-0.1, -0.05) is 12.2 Å². The third-order valence-electron chi connectivity index (χ3n) is 3.05. The fourth-order valence-electron chi connectivity index (χ4n) is 1.88. The normalized spacial score (nSPS) is 40.5. The maximum atomic E-state index is 10.9. The Morgan fingerprint density at radius 3 is 2.77 bits per heavy atom. The van der Waals surface area contributed by atoms with Gasteiger partial charge in [0.1, 0.15) is 0 Å². The molecule has 3 heteroatoms. The van der Waals surface area contributed by atoms with Gasteiger partial charge in [0, 0.05) is 0 Å². The van der Waals surface area contributed by atoms with Gasteiger partial charge in [-0.15, -0.1) is 0 Å². The molecule has 0 aromatic carbocycles.